The van der Waals surface area contributed by atoms with E-state index >= 15 is 0 Å². The fourth-order valence-electron chi connectivity index (χ4n) is 4.67. The Hall–Kier alpha value is -0.0400. The highest BCUT2D eigenvalue weighted by atomic mass is 16.0. The molecule has 0 aliphatic heterocycles. The van der Waals surface area contributed by atoms with Crippen molar-refractivity contribution in [3.8, 4) is 0 Å². The molecule has 0 saturated carbocycles. The molecule has 0 bridgehead atoms. The van der Waals surface area contributed by atoms with Crippen molar-refractivity contribution in [3.63, 3.8) is 0 Å². The summed E-state index contributed by atoms with van der Waals surface area (Å²) in [5.41, 5.74) is 0. The highest BCUT2D eigenvalue weighted by Crippen LogP contribution is 2.19. The third-order valence-corrected chi connectivity index (χ3v) is 7.20. The molecule has 0 rings (SSSR count). The van der Waals surface area contributed by atoms with Gasteiger partial charge in [-0.2, -0.15) is 0 Å². The van der Waals surface area contributed by atoms with E-state index in [1.54, 1.807) is 0 Å². The Morgan fingerprint density at radius 1 is 0.303 bits per heavy atom. The van der Waals surface area contributed by atoms with Crippen molar-refractivity contribution in [2.75, 3.05) is 0 Å². The largest absolute Gasteiger partial charge is 0.412 e. The van der Waals surface area contributed by atoms with Crippen molar-refractivity contribution >= 4 is 0 Å². The zero-order valence-corrected chi connectivity index (χ0v) is 24.6. The Morgan fingerprint density at radius 2 is 0.485 bits per heavy atom. The summed E-state index contributed by atoms with van der Waals surface area (Å²) in [6.45, 7) is 14.0. The van der Waals surface area contributed by atoms with E-state index in [1.807, 2.05) is 0 Å². The molecule has 1 nitrogen and oxygen atoms in total. The van der Waals surface area contributed by atoms with Gasteiger partial charge in [-0.25, -0.2) is 0 Å². The molecule has 0 aliphatic rings. The summed E-state index contributed by atoms with van der Waals surface area (Å²) in [6.07, 6.45) is 34.7. The molecule has 0 heterocycles. The fraction of sp³-hybridized carbons (Fsp3) is 1.00. The molecule has 2 N–H and O–H groups in total. The first-order chi connectivity index (χ1) is 15.6. The van der Waals surface area contributed by atoms with E-state index in [2.05, 4.69) is 41.5 Å². The van der Waals surface area contributed by atoms with E-state index in [1.165, 1.54) is 154 Å². The Labute approximate surface area is 213 Å². The number of unbranched alkanes of at least 4 members (excludes halogenated alkanes) is 16. The molecule has 0 spiro atoms. The summed E-state index contributed by atoms with van der Waals surface area (Å²) in [4.78, 5) is 0. The number of hydrogen-bond donors (Lipinski definition) is 0. The van der Waals surface area contributed by atoms with Crippen LogP contribution in [0.4, 0.5) is 0 Å². The predicted octanol–water partition coefficient (Wildman–Crippen LogP) is 11.9. The topological polar surface area (TPSA) is 31.5 Å². The maximum atomic E-state index is 2.44. The average molecular weight is 471 g/mol. The van der Waals surface area contributed by atoms with Gasteiger partial charge in [0.1, 0.15) is 0 Å². The number of rotatable bonds is 24. The molecule has 2 atom stereocenters. The SMILES string of the molecule is CCCCCCCCC(C)CCCCCC.CCCCCCCCC(C)CCCCCC.O. The minimum absolute atomic E-state index is 0. The first-order valence-corrected chi connectivity index (χ1v) is 15.6. The normalized spacial score (nSPS) is 12.5. The number of hydrogen-bond acceptors (Lipinski definition) is 0. The molecule has 0 aromatic rings. The van der Waals surface area contributed by atoms with Gasteiger partial charge < -0.3 is 5.48 Å². The van der Waals surface area contributed by atoms with Crippen LogP contribution in [0.3, 0.4) is 0 Å². The van der Waals surface area contributed by atoms with Crippen LogP contribution in [0.1, 0.15) is 196 Å². The first kappa shape index (κ1) is 37.5. The van der Waals surface area contributed by atoms with Crippen molar-refractivity contribution < 1.29 is 5.48 Å². The molecule has 33 heavy (non-hydrogen) atoms. The summed E-state index contributed by atoms with van der Waals surface area (Å²) < 4.78 is 0. The molecular weight excluding hydrogens is 400 g/mol. The van der Waals surface area contributed by atoms with Gasteiger partial charge in [0, 0.05) is 0 Å². The molecule has 0 fully saturated rings. The van der Waals surface area contributed by atoms with Crippen LogP contribution in [0.5, 0.6) is 0 Å². The van der Waals surface area contributed by atoms with Gasteiger partial charge in [-0.05, 0) is 11.8 Å². The van der Waals surface area contributed by atoms with Gasteiger partial charge in [0.15, 0.2) is 0 Å². The summed E-state index contributed by atoms with van der Waals surface area (Å²) in [5, 5.41) is 0. The van der Waals surface area contributed by atoms with E-state index in [9.17, 15) is 0 Å². The van der Waals surface area contributed by atoms with Crippen molar-refractivity contribution in [1.82, 2.24) is 0 Å². The molecule has 1 heteroatoms. The zero-order valence-electron chi connectivity index (χ0n) is 24.6. The zero-order chi connectivity index (χ0) is 24.1. The second-order valence-electron chi connectivity index (χ2n) is 11.0. The second kappa shape index (κ2) is 34.1. The molecule has 0 saturated heterocycles. The summed E-state index contributed by atoms with van der Waals surface area (Å²) in [5.74, 6) is 1.95. The van der Waals surface area contributed by atoms with Gasteiger partial charge in [-0.3, -0.25) is 0 Å². The minimum Gasteiger partial charge on any atom is -0.412 e. The van der Waals surface area contributed by atoms with Gasteiger partial charge in [0.25, 0.3) is 0 Å². The van der Waals surface area contributed by atoms with E-state index in [0.717, 1.165) is 11.8 Å². The molecule has 0 amide bonds. The fourth-order valence-corrected chi connectivity index (χ4v) is 4.67. The smallest absolute Gasteiger partial charge is 0.0443 e. The lowest BCUT2D eigenvalue weighted by Crippen LogP contribution is -1.95. The van der Waals surface area contributed by atoms with Gasteiger partial charge in [0.2, 0.25) is 0 Å². The summed E-state index contributed by atoms with van der Waals surface area (Å²) in [6, 6.07) is 0. The Morgan fingerprint density at radius 3 is 0.727 bits per heavy atom. The van der Waals surface area contributed by atoms with Crippen molar-refractivity contribution in [2.24, 2.45) is 11.8 Å². The molecule has 0 radical (unpaired) electrons. The van der Waals surface area contributed by atoms with Gasteiger partial charge in [0.05, 0.1) is 0 Å². The van der Waals surface area contributed by atoms with Crippen LogP contribution < -0.4 is 0 Å². The van der Waals surface area contributed by atoms with E-state index in [4.69, 9.17) is 0 Å². The molecule has 0 aromatic carbocycles. The van der Waals surface area contributed by atoms with Crippen molar-refractivity contribution in [2.45, 2.75) is 196 Å². The Kier molecular flexibility index (Phi) is 38.8. The maximum Gasteiger partial charge on any atom is -0.0443 e. The van der Waals surface area contributed by atoms with Crippen LogP contribution in [0.15, 0.2) is 0 Å². The lowest BCUT2D eigenvalue weighted by Gasteiger charge is -2.10. The van der Waals surface area contributed by atoms with Crippen molar-refractivity contribution in [3.05, 3.63) is 0 Å². The van der Waals surface area contributed by atoms with Crippen LogP contribution in [-0.4, -0.2) is 5.48 Å². The molecule has 0 aromatic heterocycles. The van der Waals surface area contributed by atoms with Crippen LogP contribution in [0.2, 0.25) is 0 Å². The predicted molar refractivity (Wildman–Crippen MR) is 155 cm³/mol. The van der Waals surface area contributed by atoms with Gasteiger partial charge >= 0.3 is 0 Å². The van der Waals surface area contributed by atoms with Crippen LogP contribution >= 0.6 is 0 Å². The maximum absolute atomic E-state index is 2.44. The quantitative estimate of drug-likeness (QED) is 0.126. The Balaban J connectivity index is -0.000000529. The third kappa shape index (κ3) is 36.7. The molecule has 0 aliphatic carbocycles. The Bertz CT molecular complexity index is 271. The third-order valence-electron chi connectivity index (χ3n) is 7.20. The summed E-state index contributed by atoms with van der Waals surface area (Å²) in [7, 11) is 0. The van der Waals surface area contributed by atoms with E-state index in [-0.39, 0.29) is 5.48 Å². The lowest BCUT2D eigenvalue weighted by molar-refractivity contribution is 0.434. The van der Waals surface area contributed by atoms with E-state index < -0.39 is 0 Å². The standard InChI is InChI=1S/2C16H34.H2O/c2*1-4-6-8-10-11-13-15-16(3)14-12-9-7-5-2;/h2*16H,4-15H2,1-3H3;1H2. The van der Waals surface area contributed by atoms with Crippen molar-refractivity contribution in [1.29, 1.82) is 0 Å². The average Bonchev–Trinajstić information content (AvgIpc) is 2.79. The monoisotopic (exact) mass is 471 g/mol. The van der Waals surface area contributed by atoms with Crippen LogP contribution in [0, 0.1) is 11.8 Å². The lowest BCUT2D eigenvalue weighted by atomic mass is 9.96. The van der Waals surface area contributed by atoms with Gasteiger partial charge in [-0.1, -0.05) is 196 Å². The molecule has 2 unspecified atom stereocenters. The van der Waals surface area contributed by atoms with Crippen LogP contribution in [-0.2, 0) is 0 Å². The first-order valence-electron chi connectivity index (χ1n) is 15.6. The van der Waals surface area contributed by atoms with Gasteiger partial charge in [-0.15, -0.1) is 0 Å². The molecule has 204 valence electrons. The van der Waals surface area contributed by atoms with E-state index in [0.29, 0.717) is 0 Å². The minimum atomic E-state index is 0. The molecular formula is C32H70O. The highest BCUT2D eigenvalue weighted by molar-refractivity contribution is 4.56. The summed E-state index contributed by atoms with van der Waals surface area (Å²) >= 11 is 0. The highest BCUT2D eigenvalue weighted by Gasteiger charge is 2.02. The van der Waals surface area contributed by atoms with Crippen LogP contribution in [0.25, 0.3) is 0 Å². The second-order valence-corrected chi connectivity index (χ2v) is 11.0.